The first-order valence-electron chi connectivity index (χ1n) is 12.2. The molecule has 2 aromatic carbocycles. The Bertz CT molecular complexity index is 1220. The minimum atomic E-state index is -3.86. The van der Waals surface area contributed by atoms with Crippen LogP contribution in [0.25, 0.3) is 5.57 Å². The predicted molar refractivity (Wildman–Crippen MR) is 143 cm³/mol. The van der Waals surface area contributed by atoms with E-state index in [1.807, 2.05) is 11.8 Å². The number of carbonyl (C=O) groups excluding carboxylic acids is 1. The molecule has 7 heteroatoms. The Hall–Kier alpha value is -2.51. The molecule has 0 spiro atoms. The highest BCUT2D eigenvalue weighted by Gasteiger charge is 2.50. The molecule has 1 amide bonds. The fraction of sp³-hybridized carbons (Fsp3) is 0.393. The molecule has 0 saturated heterocycles. The molecule has 0 radical (unpaired) electrons. The van der Waals surface area contributed by atoms with Crippen molar-refractivity contribution >= 4 is 33.1 Å². The standard InChI is InChI=1S/C28H33NO4S2/c1-21-10-11-24(20-34-21)23-9-5-7-22(19-23)8-6-18-33-25-12-14-26(15-13-25)35(31,32)28(27(29)30)16-3-2-4-17-28/h5,7,9-15,19H,2-4,6,8,16-18,20H2,1H3,(H2,29,30). The molecular weight excluding hydrogens is 478 g/mol. The normalized spacial score (nSPS) is 17.9. The highest BCUT2D eigenvalue weighted by molar-refractivity contribution is 8.03. The van der Waals surface area contributed by atoms with Gasteiger partial charge in [0, 0.05) is 5.75 Å². The van der Waals surface area contributed by atoms with Crippen LogP contribution in [0.3, 0.4) is 0 Å². The first-order chi connectivity index (χ1) is 16.8. The van der Waals surface area contributed by atoms with Gasteiger partial charge in [-0.1, -0.05) is 55.7 Å². The van der Waals surface area contributed by atoms with E-state index in [0.29, 0.717) is 25.2 Å². The lowest BCUT2D eigenvalue weighted by atomic mass is 9.88. The lowest BCUT2D eigenvalue weighted by molar-refractivity contribution is -0.121. The molecule has 1 heterocycles. The predicted octanol–water partition coefficient (Wildman–Crippen LogP) is 5.69. The van der Waals surface area contributed by atoms with Gasteiger partial charge in [-0.15, -0.1) is 11.8 Å². The summed E-state index contributed by atoms with van der Waals surface area (Å²) >= 11 is 1.87. The third kappa shape index (κ3) is 5.67. The number of thioether (sulfide) groups is 1. The summed E-state index contributed by atoms with van der Waals surface area (Å²) in [7, 11) is -3.86. The van der Waals surface area contributed by atoms with Gasteiger partial charge < -0.3 is 10.5 Å². The molecule has 0 unspecified atom stereocenters. The zero-order chi connectivity index (χ0) is 24.9. The molecule has 4 rings (SSSR count). The van der Waals surface area contributed by atoms with Gasteiger partial charge >= 0.3 is 0 Å². The number of hydrogen-bond donors (Lipinski definition) is 1. The Kier molecular flexibility index (Phi) is 8.07. The van der Waals surface area contributed by atoms with Crippen molar-refractivity contribution in [3.63, 3.8) is 0 Å². The Labute approximate surface area is 212 Å². The second-order valence-electron chi connectivity index (χ2n) is 9.30. The van der Waals surface area contributed by atoms with E-state index in [1.54, 1.807) is 12.1 Å². The van der Waals surface area contributed by atoms with E-state index in [4.69, 9.17) is 10.5 Å². The van der Waals surface area contributed by atoms with Crippen LogP contribution in [-0.2, 0) is 21.1 Å². The topological polar surface area (TPSA) is 86.5 Å². The maximum Gasteiger partial charge on any atom is 0.239 e. The van der Waals surface area contributed by atoms with Gasteiger partial charge in [-0.25, -0.2) is 8.42 Å². The van der Waals surface area contributed by atoms with E-state index < -0.39 is 20.5 Å². The molecule has 2 N–H and O–H groups in total. The van der Waals surface area contributed by atoms with Crippen molar-refractivity contribution in [1.29, 1.82) is 0 Å². The SMILES string of the molecule is CC1=CC=C(c2cccc(CCCOc3ccc(S(=O)(=O)C4(C(N)=O)CCCCC4)cc3)c2)CS1. The molecule has 2 aliphatic rings. The van der Waals surface area contributed by atoms with E-state index in [2.05, 4.69) is 43.3 Å². The highest BCUT2D eigenvalue weighted by atomic mass is 32.2. The molecule has 1 aliphatic carbocycles. The fourth-order valence-electron chi connectivity index (χ4n) is 4.79. The van der Waals surface area contributed by atoms with Crippen LogP contribution >= 0.6 is 11.8 Å². The summed E-state index contributed by atoms with van der Waals surface area (Å²) < 4.78 is 30.9. The Morgan fingerprint density at radius 2 is 1.80 bits per heavy atom. The van der Waals surface area contributed by atoms with Crippen LogP contribution in [0.4, 0.5) is 0 Å². The number of hydrogen-bond acceptors (Lipinski definition) is 5. The lowest BCUT2D eigenvalue weighted by Gasteiger charge is -2.33. The van der Waals surface area contributed by atoms with Crippen molar-refractivity contribution < 1.29 is 17.9 Å². The van der Waals surface area contributed by atoms with Gasteiger partial charge in [0.1, 0.15) is 5.75 Å². The van der Waals surface area contributed by atoms with Crippen LogP contribution in [0.15, 0.2) is 70.5 Å². The number of carbonyl (C=O) groups is 1. The average molecular weight is 512 g/mol. The smallest absolute Gasteiger partial charge is 0.239 e. The van der Waals surface area contributed by atoms with Crippen LogP contribution in [0.1, 0.15) is 56.6 Å². The Balaban J connectivity index is 1.33. The molecular formula is C28H33NO4S2. The largest absolute Gasteiger partial charge is 0.494 e. The van der Waals surface area contributed by atoms with E-state index in [-0.39, 0.29) is 17.7 Å². The molecule has 0 atom stereocenters. The number of amides is 1. The second kappa shape index (κ2) is 11.0. The number of primary amides is 1. The number of benzene rings is 2. The van der Waals surface area contributed by atoms with Gasteiger partial charge in [-0.3, -0.25) is 4.79 Å². The van der Waals surface area contributed by atoms with Crippen molar-refractivity contribution in [2.45, 2.75) is 61.5 Å². The Morgan fingerprint density at radius 3 is 2.46 bits per heavy atom. The number of aryl methyl sites for hydroxylation is 1. The van der Waals surface area contributed by atoms with Gasteiger partial charge in [0.15, 0.2) is 14.6 Å². The summed E-state index contributed by atoms with van der Waals surface area (Å²) in [5.74, 6) is 0.869. The van der Waals surface area contributed by atoms with E-state index in [9.17, 15) is 13.2 Å². The molecule has 0 bridgehead atoms. The van der Waals surface area contributed by atoms with Crippen molar-refractivity contribution in [2.24, 2.45) is 5.73 Å². The summed E-state index contributed by atoms with van der Waals surface area (Å²) in [4.78, 5) is 13.7. The first-order valence-corrected chi connectivity index (χ1v) is 14.7. The number of allylic oxidation sites excluding steroid dienone is 3. The van der Waals surface area contributed by atoms with Crippen molar-refractivity contribution in [2.75, 3.05) is 12.4 Å². The molecule has 1 aliphatic heterocycles. The molecule has 35 heavy (non-hydrogen) atoms. The van der Waals surface area contributed by atoms with Crippen LogP contribution in [0.2, 0.25) is 0 Å². The summed E-state index contributed by atoms with van der Waals surface area (Å²) in [6, 6.07) is 15.0. The van der Waals surface area contributed by atoms with Crippen molar-refractivity contribution in [1.82, 2.24) is 0 Å². The maximum atomic E-state index is 13.3. The fourth-order valence-corrected chi connectivity index (χ4v) is 7.64. The van der Waals surface area contributed by atoms with Gasteiger partial charge in [0.05, 0.1) is 11.5 Å². The van der Waals surface area contributed by atoms with Crippen LogP contribution in [0.5, 0.6) is 5.75 Å². The zero-order valence-corrected chi connectivity index (χ0v) is 21.8. The van der Waals surface area contributed by atoms with Crippen molar-refractivity contribution in [3.8, 4) is 5.75 Å². The zero-order valence-electron chi connectivity index (χ0n) is 20.2. The lowest BCUT2D eigenvalue weighted by Crippen LogP contribution is -2.51. The van der Waals surface area contributed by atoms with Gasteiger partial charge in [-0.2, -0.15) is 0 Å². The number of ether oxygens (including phenoxy) is 1. The number of nitrogens with two attached hydrogens (primary N) is 1. The Morgan fingerprint density at radius 1 is 1.06 bits per heavy atom. The third-order valence-corrected chi connectivity index (χ3v) is 10.5. The van der Waals surface area contributed by atoms with Crippen LogP contribution < -0.4 is 10.5 Å². The summed E-state index contributed by atoms with van der Waals surface area (Å²) in [5, 5.41) is 0. The minimum absolute atomic E-state index is 0.127. The van der Waals surface area contributed by atoms with E-state index in [0.717, 1.165) is 25.0 Å². The molecule has 5 nitrogen and oxygen atoms in total. The second-order valence-corrected chi connectivity index (χ2v) is 12.8. The minimum Gasteiger partial charge on any atom is -0.494 e. The van der Waals surface area contributed by atoms with Crippen LogP contribution in [0, 0.1) is 0 Å². The maximum absolute atomic E-state index is 13.3. The molecule has 1 saturated carbocycles. The molecule has 1 fully saturated rings. The van der Waals surface area contributed by atoms with E-state index >= 15 is 0 Å². The molecule has 2 aromatic rings. The summed E-state index contributed by atoms with van der Waals surface area (Å²) in [6.07, 6.45) is 9.01. The summed E-state index contributed by atoms with van der Waals surface area (Å²) in [6.45, 7) is 2.66. The van der Waals surface area contributed by atoms with Gasteiger partial charge in [0.25, 0.3) is 0 Å². The quantitative estimate of drug-likeness (QED) is 0.437. The molecule has 0 aromatic heterocycles. The van der Waals surface area contributed by atoms with E-state index in [1.165, 1.54) is 33.7 Å². The molecule has 186 valence electrons. The van der Waals surface area contributed by atoms with Gasteiger partial charge in [0.2, 0.25) is 5.91 Å². The monoisotopic (exact) mass is 511 g/mol. The number of sulfone groups is 1. The van der Waals surface area contributed by atoms with Crippen LogP contribution in [-0.4, -0.2) is 31.4 Å². The summed E-state index contributed by atoms with van der Waals surface area (Å²) in [5.41, 5.74) is 9.48. The first kappa shape index (κ1) is 25.6. The third-order valence-electron chi connectivity index (χ3n) is 6.91. The highest BCUT2D eigenvalue weighted by Crippen LogP contribution is 2.39. The van der Waals surface area contributed by atoms with Crippen molar-refractivity contribution in [3.05, 3.63) is 76.7 Å². The van der Waals surface area contributed by atoms with Gasteiger partial charge in [-0.05, 0) is 78.5 Å². The average Bonchev–Trinajstić information content (AvgIpc) is 2.88. The number of rotatable bonds is 9.